The largest absolute Gasteiger partial charge is 0.303 e. The Morgan fingerprint density at radius 2 is 2.22 bits per heavy atom. The van der Waals surface area contributed by atoms with Gasteiger partial charge in [0.2, 0.25) is 0 Å². The van der Waals surface area contributed by atoms with Crippen LogP contribution < -0.4 is 5.32 Å². The van der Waals surface area contributed by atoms with Crippen molar-refractivity contribution in [2.45, 2.75) is 38.8 Å². The summed E-state index contributed by atoms with van der Waals surface area (Å²) in [5.41, 5.74) is 4.40. The lowest BCUT2D eigenvalue weighted by molar-refractivity contribution is 0.469. The summed E-state index contributed by atoms with van der Waals surface area (Å²) in [6.07, 6.45) is 2.44. The molecule has 1 nitrogen and oxygen atoms in total. The number of thiophene rings is 1. The highest BCUT2D eigenvalue weighted by molar-refractivity contribution is 7.10. The first-order chi connectivity index (χ1) is 8.74. The topological polar surface area (TPSA) is 12.0 Å². The Balaban J connectivity index is 1.78. The summed E-state index contributed by atoms with van der Waals surface area (Å²) in [5, 5.41) is 5.93. The van der Waals surface area contributed by atoms with Crippen molar-refractivity contribution in [1.29, 1.82) is 0 Å². The van der Waals surface area contributed by atoms with Gasteiger partial charge in [-0.1, -0.05) is 29.8 Å². The van der Waals surface area contributed by atoms with E-state index in [0.29, 0.717) is 12.1 Å². The molecule has 2 atom stereocenters. The predicted molar refractivity (Wildman–Crippen MR) is 78.1 cm³/mol. The molecule has 94 valence electrons. The molecule has 1 aliphatic carbocycles. The summed E-state index contributed by atoms with van der Waals surface area (Å²) in [6.45, 7) is 4.44. The second-order valence-corrected chi connectivity index (χ2v) is 6.18. The normalized spacial score (nSPS) is 19.8. The zero-order valence-electron chi connectivity index (χ0n) is 10.9. The number of benzene rings is 1. The Bertz CT molecular complexity index is 530. The molecule has 1 unspecified atom stereocenters. The van der Waals surface area contributed by atoms with Crippen LogP contribution in [0.1, 0.15) is 47.0 Å². The third kappa shape index (κ3) is 2.23. The minimum atomic E-state index is 0.446. The lowest BCUT2D eigenvalue weighted by Crippen LogP contribution is -2.22. The van der Waals surface area contributed by atoms with E-state index in [2.05, 4.69) is 54.9 Å². The molecule has 2 aromatic rings. The minimum absolute atomic E-state index is 0.446. The monoisotopic (exact) mass is 257 g/mol. The first kappa shape index (κ1) is 11.9. The van der Waals surface area contributed by atoms with Crippen LogP contribution in [0.2, 0.25) is 0 Å². The molecule has 1 N–H and O–H groups in total. The van der Waals surface area contributed by atoms with E-state index in [-0.39, 0.29) is 0 Å². The molecule has 3 rings (SSSR count). The maximum Gasteiger partial charge on any atom is 0.0391 e. The first-order valence-electron chi connectivity index (χ1n) is 6.63. The van der Waals surface area contributed by atoms with Gasteiger partial charge in [0.15, 0.2) is 0 Å². The van der Waals surface area contributed by atoms with Gasteiger partial charge in [-0.2, -0.15) is 0 Å². The van der Waals surface area contributed by atoms with Crippen LogP contribution in [-0.2, 0) is 6.42 Å². The molecular formula is C16H19NS. The number of nitrogens with one attached hydrogen (secondary N) is 1. The Morgan fingerprint density at radius 3 is 3.00 bits per heavy atom. The van der Waals surface area contributed by atoms with Crippen LogP contribution in [0.3, 0.4) is 0 Å². The third-order valence-corrected chi connectivity index (χ3v) is 4.86. The van der Waals surface area contributed by atoms with Gasteiger partial charge in [0.05, 0.1) is 0 Å². The van der Waals surface area contributed by atoms with Gasteiger partial charge in [0.1, 0.15) is 0 Å². The molecule has 0 bridgehead atoms. The highest BCUT2D eigenvalue weighted by Gasteiger charge is 2.23. The van der Waals surface area contributed by atoms with E-state index in [1.165, 1.54) is 34.4 Å². The van der Waals surface area contributed by atoms with Crippen molar-refractivity contribution < 1.29 is 0 Å². The maximum atomic E-state index is 3.78. The number of hydrogen-bond donors (Lipinski definition) is 1. The summed E-state index contributed by atoms with van der Waals surface area (Å²) in [5.74, 6) is 0. The molecule has 0 saturated carbocycles. The van der Waals surface area contributed by atoms with Crippen molar-refractivity contribution in [3.8, 4) is 0 Å². The Hall–Kier alpha value is -1.12. The lowest BCUT2D eigenvalue weighted by Gasteiger charge is -2.19. The molecule has 2 heteroatoms. The van der Waals surface area contributed by atoms with Crippen LogP contribution in [0.15, 0.2) is 35.7 Å². The first-order valence-corrected chi connectivity index (χ1v) is 7.51. The number of fused-ring (bicyclic) bond motifs is 1. The zero-order valence-corrected chi connectivity index (χ0v) is 11.8. The molecule has 0 fully saturated rings. The average molecular weight is 257 g/mol. The van der Waals surface area contributed by atoms with Gasteiger partial charge in [-0.05, 0) is 49.3 Å². The molecule has 1 aromatic heterocycles. The zero-order chi connectivity index (χ0) is 12.5. The van der Waals surface area contributed by atoms with E-state index < -0.39 is 0 Å². The molecule has 1 aliphatic rings. The number of rotatable bonds is 3. The predicted octanol–water partition coefficient (Wildman–Crippen LogP) is 4.39. The van der Waals surface area contributed by atoms with Gasteiger partial charge in [-0.25, -0.2) is 0 Å². The molecule has 0 saturated heterocycles. The standard InChI is InChI=1S/C16H19NS/c1-11-5-6-13-7-8-15(14(13)10-11)17-12(2)16-4-3-9-18-16/h3-6,9-10,12,15,17H,7-8H2,1-2H3/t12-,15?/m0/s1. The highest BCUT2D eigenvalue weighted by atomic mass is 32.1. The number of aryl methyl sites for hydroxylation is 2. The fraction of sp³-hybridized carbons (Fsp3) is 0.375. The van der Waals surface area contributed by atoms with Crippen molar-refractivity contribution in [2.24, 2.45) is 0 Å². The van der Waals surface area contributed by atoms with Crippen LogP contribution in [-0.4, -0.2) is 0 Å². The molecule has 1 aromatic carbocycles. The van der Waals surface area contributed by atoms with E-state index in [1.807, 2.05) is 11.3 Å². The number of hydrogen-bond acceptors (Lipinski definition) is 2. The molecule has 1 heterocycles. The van der Waals surface area contributed by atoms with Crippen molar-refractivity contribution in [2.75, 3.05) is 0 Å². The van der Waals surface area contributed by atoms with Gasteiger partial charge >= 0.3 is 0 Å². The van der Waals surface area contributed by atoms with E-state index in [9.17, 15) is 0 Å². The van der Waals surface area contributed by atoms with Crippen molar-refractivity contribution in [3.05, 3.63) is 57.3 Å². The van der Waals surface area contributed by atoms with Crippen LogP contribution in [0.25, 0.3) is 0 Å². The van der Waals surface area contributed by atoms with Crippen molar-refractivity contribution in [1.82, 2.24) is 5.32 Å². The summed E-state index contributed by atoms with van der Waals surface area (Å²) < 4.78 is 0. The molecule has 0 spiro atoms. The molecule has 0 amide bonds. The van der Waals surface area contributed by atoms with Crippen LogP contribution in [0.5, 0.6) is 0 Å². The maximum absolute atomic E-state index is 3.78. The van der Waals surface area contributed by atoms with Crippen molar-refractivity contribution >= 4 is 11.3 Å². The highest BCUT2D eigenvalue weighted by Crippen LogP contribution is 2.34. The summed E-state index contributed by atoms with van der Waals surface area (Å²) >= 11 is 1.84. The van der Waals surface area contributed by atoms with Gasteiger partial charge in [0.25, 0.3) is 0 Å². The Labute approximate surface area is 113 Å². The Morgan fingerprint density at radius 1 is 1.33 bits per heavy atom. The molecule has 0 aliphatic heterocycles. The quantitative estimate of drug-likeness (QED) is 0.859. The van der Waals surface area contributed by atoms with Crippen LogP contribution >= 0.6 is 11.3 Å². The fourth-order valence-corrected chi connectivity index (χ4v) is 3.56. The van der Waals surface area contributed by atoms with Gasteiger partial charge in [-0.3, -0.25) is 0 Å². The van der Waals surface area contributed by atoms with E-state index in [1.54, 1.807) is 0 Å². The summed E-state index contributed by atoms with van der Waals surface area (Å²) in [6, 6.07) is 12.2. The Kier molecular flexibility index (Phi) is 3.23. The second kappa shape index (κ2) is 4.87. The second-order valence-electron chi connectivity index (χ2n) is 5.20. The molecule has 0 radical (unpaired) electrons. The van der Waals surface area contributed by atoms with Crippen LogP contribution in [0.4, 0.5) is 0 Å². The summed E-state index contributed by atoms with van der Waals surface area (Å²) in [4.78, 5) is 1.43. The average Bonchev–Trinajstić information content (AvgIpc) is 2.99. The molecule has 18 heavy (non-hydrogen) atoms. The lowest BCUT2D eigenvalue weighted by atomic mass is 10.0. The van der Waals surface area contributed by atoms with Gasteiger partial charge < -0.3 is 5.32 Å². The third-order valence-electron chi connectivity index (χ3n) is 3.80. The van der Waals surface area contributed by atoms with E-state index >= 15 is 0 Å². The van der Waals surface area contributed by atoms with E-state index in [0.717, 1.165) is 0 Å². The molecular weight excluding hydrogens is 238 g/mol. The van der Waals surface area contributed by atoms with Gasteiger partial charge in [0, 0.05) is 17.0 Å². The van der Waals surface area contributed by atoms with Crippen molar-refractivity contribution in [3.63, 3.8) is 0 Å². The summed E-state index contributed by atoms with van der Waals surface area (Å²) in [7, 11) is 0. The van der Waals surface area contributed by atoms with E-state index in [4.69, 9.17) is 0 Å². The van der Waals surface area contributed by atoms with Gasteiger partial charge in [-0.15, -0.1) is 11.3 Å². The minimum Gasteiger partial charge on any atom is -0.303 e. The fourth-order valence-electron chi connectivity index (χ4n) is 2.82. The van der Waals surface area contributed by atoms with Crippen LogP contribution in [0, 0.1) is 6.92 Å². The smallest absolute Gasteiger partial charge is 0.0391 e. The SMILES string of the molecule is Cc1ccc2c(c1)C(N[C@@H](C)c1cccs1)CC2.